The minimum absolute atomic E-state index is 0.351. The van der Waals surface area contributed by atoms with Crippen LogP contribution in [0.25, 0.3) is 11.2 Å². The van der Waals surface area contributed by atoms with Crippen molar-refractivity contribution in [3.63, 3.8) is 0 Å². The monoisotopic (exact) mass is 569 g/mol. The number of anilines is 1. The van der Waals surface area contributed by atoms with Gasteiger partial charge in [0.1, 0.15) is 23.2 Å². The molecule has 42 heavy (non-hydrogen) atoms. The first-order valence-electron chi connectivity index (χ1n) is 13.7. The molecular weight excluding hydrogens is 537 g/mol. The van der Waals surface area contributed by atoms with Gasteiger partial charge < -0.3 is 25.0 Å². The summed E-state index contributed by atoms with van der Waals surface area (Å²) in [5, 5.41) is 23.6. The predicted octanol–water partition coefficient (Wildman–Crippen LogP) is 4.47. The number of aromatic nitrogens is 4. The Bertz CT molecular complexity index is 1610. The Kier molecular flexibility index (Phi) is 7.36. The van der Waals surface area contributed by atoms with Crippen molar-refractivity contribution in [2.24, 2.45) is 5.92 Å². The van der Waals surface area contributed by atoms with E-state index < -0.39 is 42.7 Å². The molecule has 1 aliphatic rings. The molecule has 3 aromatic carbocycles. The van der Waals surface area contributed by atoms with Crippen LogP contribution in [0.2, 0.25) is 0 Å². The number of ether oxygens (including phenoxy) is 2. The first kappa shape index (κ1) is 27.8. The van der Waals surface area contributed by atoms with Gasteiger partial charge in [0.25, 0.3) is 0 Å². The van der Waals surface area contributed by atoms with Crippen LogP contribution in [0.5, 0.6) is 5.75 Å². The molecule has 0 amide bonds. The molecule has 3 atom stereocenters. The summed E-state index contributed by atoms with van der Waals surface area (Å²) in [5.74, 6) is 0.401. The van der Waals surface area contributed by atoms with Gasteiger partial charge in [0, 0.05) is 5.92 Å². The predicted molar refractivity (Wildman–Crippen MR) is 156 cm³/mol. The second-order valence-corrected chi connectivity index (χ2v) is 10.5. The third-order valence-electron chi connectivity index (χ3n) is 8.35. The molecule has 0 spiro atoms. The van der Waals surface area contributed by atoms with Crippen molar-refractivity contribution >= 4 is 17.0 Å². The second kappa shape index (κ2) is 11.1. The molecule has 0 aliphatic carbocycles. The van der Waals surface area contributed by atoms with E-state index in [1.807, 2.05) is 84.9 Å². The Labute approximate surface area is 242 Å². The van der Waals surface area contributed by atoms with Crippen molar-refractivity contribution in [1.29, 1.82) is 0 Å². The Balaban J connectivity index is 1.52. The van der Waals surface area contributed by atoms with E-state index in [1.54, 1.807) is 14.0 Å². The number of benzene rings is 3. The summed E-state index contributed by atoms with van der Waals surface area (Å²) in [6, 6.07) is 27.9. The van der Waals surface area contributed by atoms with E-state index in [4.69, 9.17) is 9.47 Å². The SMILES string of the molecule is COc1ccc(C(Nc2ncnc3c2ncn3[C@@H]2OC(CO)(CO)[C@@H](C)[C@H]2F)(c2ccccc2)c2ccccc2)cc1. The summed E-state index contributed by atoms with van der Waals surface area (Å²) >= 11 is 0. The average Bonchev–Trinajstić information content (AvgIpc) is 3.60. The quantitative estimate of drug-likeness (QED) is 0.223. The number of hydrogen-bond donors (Lipinski definition) is 3. The topological polar surface area (TPSA) is 115 Å². The van der Waals surface area contributed by atoms with Gasteiger partial charge in [-0.2, -0.15) is 0 Å². The number of hydrogen-bond acceptors (Lipinski definition) is 8. The van der Waals surface area contributed by atoms with Gasteiger partial charge in [-0.05, 0) is 28.8 Å². The van der Waals surface area contributed by atoms with E-state index >= 15 is 4.39 Å². The fourth-order valence-electron chi connectivity index (χ4n) is 5.81. The standard InChI is InChI=1S/C32H32FN5O4/c1-21-26(33)30(42-31(21,17-39)18-40)38-20-36-27-28(34-19-35-29(27)38)37-32(22-9-5-3-6-10-22,23-11-7-4-8-12-23)24-13-15-25(41-2)16-14-24/h3-16,19-21,26,30,39-40H,17-18H2,1-2H3,(H,34,35,37)/t21-,26+,30+/m0/s1. The molecule has 1 aliphatic heterocycles. The lowest BCUT2D eigenvalue weighted by atomic mass is 9.77. The number of methoxy groups -OCH3 is 1. The smallest absolute Gasteiger partial charge is 0.169 e. The highest BCUT2D eigenvalue weighted by Crippen LogP contribution is 2.45. The fraction of sp³-hybridized carbons (Fsp3) is 0.281. The molecule has 0 unspecified atom stereocenters. The first-order valence-corrected chi connectivity index (χ1v) is 13.7. The van der Waals surface area contributed by atoms with Crippen molar-refractivity contribution in [1.82, 2.24) is 19.5 Å². The van der Waals surface area contributed by atoms with Crippen LogP contribution in [0, 0.1) is 5.92 Å². The maximum atomic E-state index is 15.6. The lowest BCUT2D eigenvalue weighted by Crippen LogP contribution is -2.43. The van der Waals surface area contributed by atoms with Gasteiger partial charge >= 0.3 is 0 Å². The fourth-order valence-corrected chi connectivity index (χ4v) is 5.81. The van der Waals surface area contributed by atoms with Crippen LogP contribution < -0.4 is 10.1 Å². The summed E-state index contributed by atoms with van der Waals surface area (Å²) in [7, 11) is 1.63. The van der Waals surface area contributed by atoms with E-state index in [-0.39, 0.29) is 0 Å². The molecule has 1 fully saturated rings. The number of nitrogens with one attached hydrogen (secondary N) is 1. The number of aliphatic hydroxyl groups is 2. The molecule has 0 saturated carbocycles. The lowest BCUT2D eigenvalue weighted by Gasteiger charge is -2.37. The molecule has 3 N–H and O–H groups in total. The summed E-state index contributed by atoms with van der Waals surface area (Å²) in [6.45, 7) is 0.574. The van der Waals surface area contributed by atoms with Crippen LogP contribution in [-0.2, 0) is 10.3 Å². The van der Waals surface area contributed by atoms with Gasteiger partial charge in [-0.1, -0.05) is 79.7 Å². The molecular formula is C32H32FN5O4. The molecule has 0 radical (unpaired) electrons. The number of rotatable bonds is 9. The van der Waals surface area contributed by atoms with Gasteiger partial charge in [-0.25, -0.2) is 19.3 Å². The highest BCUT2D eigenvalue weighted by Gasteiger charge is 2.54. The minimum atomic E-state index is -1.51. The molecule has 216 valence electrons. The Hall–Kier alpha value is -4.38. The third-order valence-corrected chi connectivity index (χ3v) is 8.35. The Morgan fingerprint density at radius 3 is 2.05 bits per heavy atom. The summed E-state index contributed by atoms with van der Waals surface area (Å²) in [6.07, 6.45) is 0.204. The molecule has 1 saturated heterocycles. The molecule has 6 rings (SSSR count). The van der Waals surface area contributed by atoms with Crippen LogP contribution in [-0.4, -0.2) is 61.8 Å². The maximum absolute atomic E-state index is 15.6. The van der Waals surface area contributed by atoms with Gasteiger partial charge in [0.05, 0.1) is 26.7 Å². The summed E-state index contributed by atoms with van der Waals surface area (Å²) in [5.41, 5.74) is 1.28. The van der Waals surface area contributed by atoms with E-state index in [1.165, 1.54) is 17.2 Å². The number of alkyl halides is 1. The Morgan fingerprint density at radius 1 is 0.905 bits per heavy atom. The number of nitrogens with zero attached hydrogens (tertiary/aromatic N) is 4. The lowest BCUT2D eigenvalue weighted by molar-refractivity contribution is -0.134. The largest absolute Gasteiger partial charge is 0.497 e. The minimum Gasteiger partial charge on any atom is -0.497 e. The van der Waals surface area contributed by atoms with Crippen molar-refractivity contribution in [2.75, 3.05) is 25.6 Å². The maximum Gasteiger partial charge on any atom is 0.169 e. The van der Waals surface area contributed by atoms with E-state index in [0.29, 0.717) is 17.0 Å². The molecule has 3 heterocycles. The normalized spacial score (nSPS) is 20.1. The van der Waals surface area contributed by atoms with Gasteiger partial charge in [0.2, 0.25) is 0 Å². The zero-order valence-electron chi connectivity index (χ0n) is 23.3. The molecule has 9 nitrogen and oxygen atoms in total. The molecule has 10 heteroatoms. The number of halogens is 1. The average molecular weight is 570 g/mol. The van der Waals surface area contributed by atoms with Crippen molar-refractivity contribution in [3.05, 3.63) is 114 Å². The van der Waals surface area contributed by atoms with E-state index in [0.717, 1.165) is 22.4 Å². The van der Waals surface area contributed by atoms with Crippen LogP contribution in [0.3, 0.4) is 0 Å². The van der Waals surface area contributed by atoms with E-state index in [2.05, 4.69) is 20.3 Å². The highest BCUT2D eigenvalue weighted by molar-refractivity contribution is 5.84. The third kappa shape index (κ3) is 4.39. The zero-order chi connectivity index (χ0) is 29.3. The van der Waals surface area contributed by atoms with Gasteiger partial charge in [-0.15, -0.1) is 0 Å². The molecule has 2 aromatic heterocycles. The van der Waals surface area contributed by atoms with Crippen LogP contribution in [0.1, 0.15) is 29.8 Å². The first-order chi connectivity index (χ1) is 20.5. The van der Waals surface area contributed by atoms with Crippen LogP contribution in [0.4, 0.5) is 10.2 Å². The van der Waals surface area contributed by atoms with Crippen LogP contribution >= 0.6 is 0 Å². The Morgan fingerprint density at radius 2 is 1.50 bits per heavy atom. The summed E-state index contributed by atoms with van der Waals surface area (Å²) < 4.78 is 28.5. The zero-order valence-corrected chi connectivity index (χ0v) is 23.3. The van der Waals surface area contributed by atoms with E-state index in [9.17, 15) is 10.2 Å². The van der Waals surface area contributed by atoms with Crippen molar-refractivity contribution in [3.8, 4) is 5.75 Å². The van der Waals surface area contributed by atoms with Gasteiger partial charge in [-0.3, -0.25) is 4.57 Å². The number of aliphatic hydroxyl groups excluding tert-OH is 2. The number of imidazole rings is 1. The second-order valence-electron chi connectivity index (χ2n) is 10.5. The van der Waals surface area contributed by atoms with Crippen LogP contribution in [0.15, 0.2) is 97.6 Å². The molecule has 5 aromatic rings. The van der Waals surface area contributed by atoms with Crippen molar-refractivity contribution in [2.45, 2.75) is 30.5 Å². The number of fused-ring (bicyclic) bond motifs is 1. The van der Waals surface area contributed by atoms with Gasteiger partial charge in [0.15, 0.2) is 29.4 Å². The van der Waals surface area contributed by atoms with Crippen molar-refractivity contribution < 1.29 is 24.1 Å². The highest BCUT2D eigenvalue weighted by atomic mass is 19.1. The molecule has 0 bridgehead atoms. The summed E-state index contributed by atoms with van der Waals surface area (Å²) in [4.78, 5) is 13.6.